The second-order valence-corrected chi connectivity index (χ2v) is 12.2. The molecule has 1 N–H and O–H groups in total. The number of unbranched alkanes of at least 4 members (excludes halogenated alkanes) is 1. The summed E-state index contributed by atoms with van der Waals surface area (Å²) in [6, 6.07) is 8.36. The third-order valence-electron chi connectivity index (χ3n) is 5.52. The molecule has 1 aromatic carbocycles. The lowest BCUT2D eigenvalue weighted by Crippen LogP contribution is -2.35. The van der Waals surface area contributed by atoms with E-state index < -0.39 is 8.32 Å². The number of benzene rings is 1. The first-order valence-corrected chi connectivity index (χ1v) is 13.0. The van der Waals surface area contributed by atoms with Gasteiger partial charge in [-0.1, -0.05) is 32.8 Å². The molecule has 1 atom stereocenters. The summed E-state index contributed by atoms with van der Waals surface area (Å²) in [5, 5.41) is 3.79. The van der Waals surface area contributed by atoms with Crippen LogP contribution >= 0.6 is 0 Å². The summed E-state index contributed by atoms with van der Waals surface area (Å²) in [5.74, 6) is 1.14. The van der Waals surface area contributed by atoms with E-state index in [2.05, 4.69) is 50.5 Å². The monoisotopic (exact) mass is 343 g/mol. The van der Waals surface area contributed by atoms with Gasteiger partial charge in [-0.15, -0.1) is 0 Å². The van der Waals surface area contributed by atoms with Gasteiger partial charge in [-0.3, -0.25) is 0 Å². The molecular formula is C21H33NOSi. The molecule has 0 saturated heterocycles. The highest BCUT2D eigenvalue weighted by Gasteiger charge is 2.31. The molecule has 2 aliphatic rings. The molecule has 0 spiro atoms. The molecule has 24 heavy (non-hydrogen) atoms. The topological polar surface area (TPSA) is 21.3 Å². The van der Waals surface area contributed by atoms with Crippen LogP contribution in [-0.4, -0.2) is 14.4 Å². The van der Waals surface area contributed by atoms with E-state index in [-0.39, 0.29) is 0 Å². The maximum Gasteiger partial charge on any atom is 0.245 e. The van der Waals surface area contributed by atoms with Gasteiger partial charge in [-0.05, 0) is 74.5 Å². The summed E-state index contributed by atoms with van der Waals surface area (Å²) in [7, 11) is -1.66. The highest BCUT2D eigenvalue weighted by atomic mass is 28.4. The molecule has 0 fully saturated rings. The van der Waals surface area contributed by atoms with Crippen LogP contribution in [0.1, 0.15) is 64.4 Å². The average Bonchev–Trinajstić information content (AvgIpc) is 2.59. The second kappa shape index (κ2) is 7.34. The quantitative estimate of drug-likeness (QED) is 0.587. The zero-order valence-corrected chi connectivity index (χ0v) is 16.9. The molecule has 132 valence electrons. The third kappa shape index (κ3) is 3.56. The molecule has 0 radical (unpaired) electrons. The highest BCUT2D eigenvalue weighted by molar-refractivity contribution is 6.71. The van der Waals surface area contributed by atoms with Gasteiger partial charge in [-0.2, -0.15) is 0 Å². The maximum atomic E-state index is 6.68. The van der Waals surface area contributed by atoms with Crippen LogP contribution in [0.3, 0.4) is 0 Å². The smallest absolute Gasteiger partial charge is 0.245 e. The standard InChI is InChI=1S/C21H33NOSi/c1-5-7-15-24(3,4)23-20-14-10-13-19-21(20)17-12-9-8-11-16(17)18(6-2)22-19/h10,13-14,18,22H,5-9,11-12,15H2,1-4H3. The van der Waals surface area contributed by atoms with E-state index in [1.807, 2.05) is 0 Å². The number of hydrogen-bond donors (Lipinski definition) is 1. The van der Waals surface area contributed by atoms with Crippen LogP contribution in [0.5, 0.6) is 5.75 Å². The van der Waals surface area contributed by atoms with Crippen LogP contribution in [-0.2, 0) is 0 Å². The largest absolute Gasteiger partial charge is 0.544 e. The zero-order chi connectivity index (χ0) is 17.2. The van der Waals surface area contributed by atoms with Crippen LogP contribution < -0.4 is 9.74 Å². The summed E-state index contributed by atoms with van der Waals surface area (Å²) in [6.45, 7) is 9.29. The molecule has 1 heterocycles. The first-order chi connectivity index (χ1) is 11.6. The Morgan fingerprint density at radius 2 is 1.96 bits per heavy atom. The van der Waals surface area contributed by atoms with Crippen molar-refractivity contribution < 1.29 is 4.43 Å². The summed E-state index contributed by atoms with van der Waals surface area (Å²) in [6.07, 6.45) is 8.83. The number of hydrogen-bond acceptors (Lipinski definition) is 2. The molecule has 0 bridgehead atoms. The normalized spacial score (nSPS) is 20.2. The number of rotatable bonds is 6. The summed E-state index contributed by atoms with van der Waals surface area (Å²) < 4.78 is 6.68. The second-order valence-electron chi connectivity index (χ2n) is 7.96. The van der Waals surface area contributed by atoms with Crippen molar-refractivity contribution in [1.29, 1.82) is 0 Å². The third-order valence-corrected chi connectivity index (χ3v) is 7.85. The maximum absolute atomic E-state index is 6.68. The minimum Gasteiger partial charge on any atom is -0.544 e. The van der Waals surface area contributed by atoms with Gasteiger partial charge >= 0.3 is 0 Å². The Labute approximate surface area is 148 Å². The van der Waals surface area contributed by atoms with E-state index in [1.165, 1.54) is 62.2 Å². The molecule has 1 unspecified atom stereocenters. The Bertz CT molecular complexity index is 620. The molecule has 0 amide bonds. The van der Waals surface area contributed by atoms with E-state index >= 15 is 0 Å². The van der Waals surface area contributed by atoms with Crippen LogP contribution in [0, 0.1) is 0 Å². The van der Waals surface area contributed by atoms with Crippen molar-refractivity contribution in [2.24, 2.45) is 0 Å². The fourth-order valence-electron chi connectivity index (χ4n) is 4.22. The Kier molecular flexibility index (Phi) is 5.38. The van der Waals surface area contributed by atoms with E-state index in [0.717, 1.165) is 5.75 Å². The SMILES string of the molecule is CCCC[Si](C)(C)Oc1cccc2c1C1=C(CCCC1)C(CC)N2. The van der Waals surface area contributed by atoms with Crippen molar-refractivity contribution in [3.8, 4) is 5.75 Å². The van der Waals surface area contributed by atoms with Crippen molar-refractivity contribution in [2.45, 2.75) is 84.0 Å². The molecule has 3 heteroatoms. The van der Waals surface area contributed by atoms with Crippen molar-refractivity contribution in [3.05, 3.63) is 29.3 Å². The molecule has 3 rings (SSSR count). The van der Waals surface area contributed by atoms with Gasteiger partial charge in [0.2, 0.25) is 8.32 Å². The van der Waals surface area contributed by atoms with E-state index in [0.29, 0.717) is 6.04 Å². The zero-order valence-electron chi connectivity index (χ0n) is 15.9. The molecule has 0 saturated carbocycles. The fraction of sp³-hybridized carbons (Fsp3) is 0.619. The van der Waals surface area contributed by atoms with Gasteiger partial charge in [0.05, 0.1) is 0 Å². The molecular weight excluding hydrogens is 310 g/mol. The van der Waals surface area contributed by atoms with Gasteiger partial charge in [0.15, 0.2) is 0 Å². The minimum absolute atomic E-state index is 0.522. The van der Waals surface area contributed by atoms with E-state index in [1.54, 1.807) is 11.1 Å². The number of anilines is 1. The van der Waals surface area contributed by atoms with Gasteiger partial charge < -0.3 is 9.74 Å². The first kappa shape index (κ1) is 17.6. The Morgan fingerprint density at radius 3 is 2.71 bits per heavy atom. The van der Waals surface area contributed by atoms with E-state index in [4.69, 9.17) is 4.43 Å². The first-order valence-electron chi connectivity index (χ1n) is 9.86. The highest BCUT2D eigenvalue weighted by Crippen LogP contribution is 2.46. The molecule has 2 nitrogen and oxygen atoms in total. The lowest BCUT2D eigenvalue weighted by Gasteiger charge is -2.36. The van der Waals surface area contributed by atoms with Crippen LogP contribution in [0.4, 0.5) is 5.69 Å². The predicted octanol–water partition coefficient (Wildman–Crippen LogP) is 6.60. The Balaban J connectivity index is 1.97. The van der Waals surface area contributed by atoms with Gasteiger partial charge in [0.25, 0.3) is 0 Å². The van der Waals surface area contributed by atoms with Crippen LogP contribution in [0.25, 0.3) is 5.57 Å². The number of allylic oxidation sites excluding steroid dienone is 1. The van der Waals surface area contributed by atoms with Crippen molar-refractivity contribution in [3.63, 3.8) is 0 Å². The van der Waals surface area contributed by atoms with Crippen LogP contribution in [0.2, 0.25) is 19.1 Å². The lowest BCUT2D eigenvalue weighted by atomic mass is 9.79. The van der Waals surface area contributed by atoms with Gasteiger partial charge in [-0.25, -0.2) is 0 Å². The van der Waals surface area contributed by atoms with E-state index in [9.17, 15) is 0 Å². The minimum atomic E-state index is -1.66. The molecule has 1 aliphatic carbocycles. The number of nitrogens with one attached hydrogen (secondary N) is 1. The van der Waals surface area contributed by atoms with Crippen molar-refractivity contribution >= 4 is 19.6 Å². The summed E-state index contributed by atoms with van der Waals surface area (Å²) in [5.41, 5.74) is 5.92. The fourth-order valence-corrected chi connectivity index (χ4v) is 6.29. The van der Waals surface area contributed by atoms with Crippen molar-refractivity contribution in [1.82, 2.24) is 0 Å². The van der Waals surface area contributed by atoms with Crippen molar-refractivity contribution in [2.75, 3.05) is 5.32 Å². The Hall–Kier alpha value is -1.22. The number of fused-ring (bicyclic) bond motifs is 2. The predicted molar refractivity (Wildman–Crippen MR) is 107 cm³/mol. The van der Waals surface area contributed by atoms with Gasteiger partial charge in [0, 0.05) is 17.3 Å². The molecule has 0 aromatic heterocycles. The molecule has 1 aliphatic heterocycles. The van der Waals surface area contributed by atoms with Gasteiger partial charge in [0.1, 0.15) is 5.75 Å². The molecule has 1 aromatic rings. The lowest BCUT2D eigenvalue weighted by molar-refractivity contribution is 0.538. The Morgan fingerprint density at radius 1 is 1.17 bits per heavy atom. The van der Waals surface area contributed by atoms with Crippen LogP contribution in [0.15, 0.2) is 23.8 Å². The average molecular weight is 344 g/mol. The summed E-state index contributed by atoms with van der Waals surface area (Å²) >= 11 is 0. The summed E-state index contributed by atoms with van der Waals surface area (Å²) in [4.78, 5) is 0.